The summed E-state index contributed by atoms with van der Waals surface area (Å²) < 4.78 is 42.6. The zero-order valence-corrected chi connectivity index (χ0v) is 20.6. The molecule has 184 valence electrons. The molecule has 7 nitrogen and oxygen atoms in total. The minimum absolute atomic E-state index is 0.0276. The van der Waals surface area contributed by atoms with Crippen molar-refractivity contribution in [1.82, 2.24) is 10.2 Å². The van der Waals surface area contributed by atoms with Gasteiger partial charge in [0.1, 0.15) is 18.4 Å². The van der Waals surface area contributed by atoms with E-state index in [-0.39, 0.29) is 17.0 Å². The Kier molecular flexibility index (Phi) is 8.24. The van der Waals surface area contributed by atoms with E-state index in [0.29, 0.717) is 5.69 Å². The second-order valence-electron chi connectivity index (χ2n) is 8.06. The number of para-hydroxylation sites is 1. The maximum atomic E-state index is 14.4. The van der Waals surface area contributed by atoms with E-state index in [1.807, 2.05) is 6.92 Å². The molecular formula is C26H28FN3O4S. The number of amides is 2. The molecule has 3 aromatic rings. The molecule has 0 fully saturated rings. The van der Waals surface area contributed by atoms with Crippen molar-refractivity contribution in [3.63, 3.8) is 0 Å². The minimum Gasteiger partial charge on any atom is -0.357 e. The molecule has 35 heavy (non-hydrogen) atoms. The molecule has 0 aliphatic carbocycles. The van der Waals surface area contributed by atoms with Crippen LogP contribution in [0.4, 0.5) is 10.1 Å². The average Bonchev–Trinajstić information content (AvgIpc) is 2.86. The largest absolute Gasteiger partial charge is 0.357 e. The van der Waals surface area contributed by atoms with Crippen molar-refractivity contribution in [3.05, 3.63) is 95.8 Å². The third-order valence-corrected chi connectivity index (χ3v) is 7.43. The van der Waals surface area contributed by atoms with E-state index in [1.165, 1.54) is 49.2 Å². The molecule has 0 saturated carbocycles. The molecule has 0 aliphatic rings. The SMILES string of the molecule is CNC(=O)[C@H](C)N(Cc1ccccc1F)C(=O)CN(c1ccccc1)S(=O)(=O)c1ccc(C)cc1. The van der Waals surface area contributed by atoms with Gasteiger partial charge >= 0.3 is 0 Å². The number of halogens is 1. The van der Waals surface area contributed by atoms with Crippen LogP contribution in [-0.2, 0) is 26.2 Å². The van der Waals surface area contributed by atoms with Gasteiger partial charge < -0.3 is 10.2 Å². The summed E-state index contributed by atoms with van der Waals surface area (Å²) in [5.41, 5.74) is 1.39. The van der Waals surface area contributed by atoms with Gasteiger partial charge in [0.25, 0.3) is 10.0 Å². The monoisotopic (exact) mass is 497 g/mol. The summed E-state index contributed by atoms with van der Waals surface area (Å²) in [6, 6.07) is 19.5. The maximum Gasteiger partial charge on any atom is 0.264 e. The molecule has 9 heteroatoms. The Balaban J connectivity index is 2.01. The topological polar surface area (TPSA) is 86.8 Å². The summed E-state index contributed by atoms with van der Waals surface area (Å²) in [5, 5.41) is 2.49. The standard InChI is InChI=1S/C26H28FN3O4S/c1-19-13-15-23(16-14-19)35(33,34)30(22-10-5-4-6-11-22)18-25(31)29(20(2)26(32)28-3)17-21-9-7-8-12-24(21)27/h4-16,20H,17-18H2,1-3H3,(H,28,32)/t20-/m0/s1. The summed E-state index contributed by atoms with van der Waals surface area (Å²) >= 11 is 0. The Morgan fingerprint density at radius 2 is 1.54 bits per heavy atom. The highest BCUT2D eigenvalue weighted by Crippen LogP contribution is 2.24. The molecular weight excluding hydrogens is 469 g/mol. The first-order valence-electron chi connectivity index (χ1n) is 11.0. The Morgan fingerprint density at radius 1 is 0.943 bits per heavy atom. The first-order valence-corrected chi connectivity index (χ1v) is 12.5. The highest BCUT2D eigenvalue weighted by Gasteiger charge is 2.32. The number of nitrogens with zero attached hydrogens (tertiary/aromatic N) is 2. The lowest BCUT2D eigenvalue weighted by molar-refractivity contribution is -0.139. The van der Waals surface area contributed by atoms with E-state index in [4.69, 9.17) is 0 Å². The Labute approximate surface area is 205 Å². The van der Waals surface area contributed by atoms with Gasteiger partial charge in [-0.1, -0.05) is 54.1 Å². The summed E-state index contributed by atoms with van der Waals surface area (Å²) in [5.74, 6) is -1.63. The predicted molar refractivity (Wildman–Crippen MR) is 133 cm³/mol. The van der Waals surface area contributed by atoms with E-state index < -0.39 is 40.2 Å². The number of sulfonamides is 1. The fraction of sp³-hybridized carbons (Fsp3) is 0.231. The molecule has 0 aromatic heterocycles. The van der Waals surface area contributed by atoms with Gasteiger partial charge in [-0.05, 0) is 44.2 Å². The van der Waals surface area contributed by atoms with Gasteiger partial charge in [0.05, 0.1) is 10.6 Å². The van der Waals surface area contributed by atoms with Gasteiger partial charge in [-0.3, -0.25) is 13.9 Å². The number of rotatable bonds is 9. The van der Waals surface area contributed by atoms with Crippen molar-refractivity contribution >= 4 is 27.5 Å². The van der Waals surface area contributed by atoms with Crippen molar-refractivity contribution in [1.29, 1.82) is 0 Å². The van der Waals surface area contributed by atoms with E-state index in [1.54, 1.807) is 48.5 Å². The van der Waals surface area contributed by atoms with Crippen LogP contribution in [0.5, 0.6) is 0 Å². The summed E-state index contributed by atoms with van der Waals surface area (Å²) in [7, 11) is -2.69. The van der Waals surface area contributed by atoms with Crippen LogP contribution in [0.25, 0.3) is 0 Å². The highest BCUT2D eigenvalue weighted by atomic mass is 32.2. The lowest BCUT2D eigenvalue weighted by Gasteiger charge is -2.31. The molecule has 0 spiro atoms. The van der Waals surface area contributed by atoms with E-state index in [9.17, 15) is 22.4 Å². The van der Waals surface area contributed by atoms with E-state index >= 15 is 0 Å². The van der Waals surface area contributed by atoms with Gasteiger partial charge in [0.15, 0.2) is 0 Å². The molecule has 0 heterocycles. The maximum absolute atomic E-state index is 14.4. The van der Waals surface area contributed by atoms with Crippen molar-refractivity contribution in [3.8, 4) is 0 Å². The van der Waals surface area contributed by atoms with Crippen molar-refractivity contribution in [2.24, 2.45) is 0 Å². The quantitative estimate of drug-likeness (QED) is 0.490. The van der Waals surface area contributed by atoms with Crippen molar-refractivity contribution < 1.29 is 22.4 Å². The highest BCUT2D eigenvalue weighted by molar-refractivity contribution is 7.92. The molecule has 2 amide bonds. The first-order chi connectivity index (χ1) is 16.6. The van der Waals surface area contributed by atoms with Crippen LogP contribution < -0.4 is 9.62 Å². The number of nitrogens with one attached hydrogen (secondary N) is 1. The number of carbonyl (C=O) groups excluding carboxylic acids is 2. The third kappa shape index (κ3) is 6.05. The lowest BCUT2D eigenvalue weighted by atomic mass is 10.1. The van der Waals surface area contributed by atoms with Crippen LogP contribution in [0, 0.1) is 12.7 Å². The Bertz CT molecular complexity index is 1280. The van der Waals surface area contributed by atoms with Crippen LogP contribution in [-0.4, -0.2) is 44.8 Å². The van der Waals surface area contributed by atoms with Crippen LogP contribution in [0.2, 0.25) is 0 Å². The molecule has 0 bridgehead atoms. The van der Waals surface area contributed by atoms with Crippen LogP contribution >= 0.6 is 0 Å². The molecule has 0 radical (unpaired) electrons. The number of anilines is 1. The Hall–Kier alpha value is -3.72. The van der Waals surface area contributed by atoms with Crippen molar-refractivity contribution in [2.45, 2.75) is 31.3 Å². The predicted octanol–water partition coefficient (Wildman–Crippen LogP) is 3.49. The van der Waals surface area contributed by atoms with Crippen LogP contribution in [0.3, 0.4) is 0 Å². The number of hydrogen-bond acceptors (Lipinski definition) is 4. The molecule has 1 atom stereocenters. The summed E-state index contributed by atoms with van der Waals surface area (Å²) in [4.78, 5) is 27.2. The van der Waals surface area contributed by atoms with E-state index in [2.05, 4.69) is 5.32 Å². The number of benzene rings is 3. The van der Waals surface area contributed by atoms with Gasteiger partial charge in [-0.25, -0.2) is 12.8 Å². The molecule has 1 N–H and O–H groups in total. The number of aryl methyl sites for hydroxylation is 1. The molecule has 3 aromatic carbocycles. The smallest absolute Gasteiger partial charge is 0.264 e. The summed E-state index contributed by atoms with van der Waals surface area (Å²) in [6.45, 7) is 2.58. The van der Waals surface area contributed by atoms with Gasteiger partial charge in [0.2, 0.25) is 11.8 Å². The number of carbonyl (C=O) groups is 2. The average molecular weight is 498 g/mol. The first kappa shape index (κ1) is 25.9. The zero-order valence-electron chi connectivity index (χ0n) is 19.8. The summed E-state index contributed by atoms with van der Waals surface area (Å²) in [6.07, 6.45) is 0. The number of likely N-dealkylation sites (N-methyl/N-ethyl adjacent to an activating group) is 1. The minimum atomic E-state index is -4.12. The zero-order chi connectivity index (χ0) is 25.6. The molecule has 3 rings (SSSR count). The van der Waals surface area contributed by atoms with Crippen molar-refractivity contribution in [2.75, 3.05) is 17.9 Å². The fourth-order valence-corrected chi connectivity index (χ4v) is 4.98. The molecule has 0 unspecified atom stereocenters. The second kappa shape index (κ2) is 11.1. The van der Waals surface area contributed by atoms with E-state index in [0.717, 1.165) is 9.87 Å². The second-order valence-corrected chi connectivity index (χ2v) is 9.93. The van der Waals surface area contributed by atoms with Gasteiger partial charge in [0, 0.05) is 19.2 Å². The number of hydrogen-bond donors (Lipinski definition) is 1. The van der Waals surface area contributed by atoms with Gasteiger partial charge in [-0.2, -0.15) is 0 Å². The third-order valence-electron chi connectivity index (χ3n) is 5.64. The molecule has 0 aliphatic heterocycles. The van der Waals surface area contributed by atoms with Crippen LogP contribution in [0.1, 0.15) is 18.1 Å². The fourth-order valence-electron chi connectivity index (χ4n) is 3.56. The van der Waals surface area contributed by atoms with Crippen LogP contribution in [0.15, 0.2) is 83.8 Å². The molecule has 0 saturated heterocycles. The lowest BCUT2D eigenvalue weighted by Crippen LogP contribution is -2.50. The van der Waals surface area contributed by atoms with Gasteiger partial charge in [-0.15, -0.1) is 0 Å². The Morgan fingerprint density at radius 3 is 2.14 bits per heavy atom. The normalized spacial score (nSPS) is 12.0.